The van der Waals surface area contributed by atoms with Crippen LogP contribution in [-0.4, -0.2) is 22.4 Å². The smallest absolute Gasteiger partial charge is 0.0672 e. The molecular weight excluding hydrogens is 176 g/mol. The minimum Gasteiger partial charge on any atom is -0.390 e. The van der Waals surface area contributed by atoms with Crippen LogP contribution in [0.5, 0.6) is 0 Å². The number of hydrogen-bond acceptors (Lipinski definition) is 2. The summed E-state index contributed by atoms with van der Waals surface area (Å²) in [7, 11) is 0. The van der Waals surface area contributed by atoms with Crippen molar-refractivity contribution in [1.29, 1.82) is 0 Å². The summed E-state index contributed by atoms with van der Waals surface area (Å²) < 4.78 is 6.02. The van der Waals surface area contributed by atoms with E-state index in [1.807, 2.05) is 6.92 Å². The first-order valence-electron chi connectivity index (χ1n) is 5.73. The van der Waals surface area contributed by atoms with Crippen LogP contribution in [0.1, 0.15) is 47.0 Å². The molecule has 2 rings (SSSR count). The van der Waals surface area contributed by atoms with Gasteiger partial charge in [-0.1, -0.05) is 0 Å². The molecule has 0 aromatic heterocycles. The van der Waals surface area contributed by atoms with E-state index in [1.54, 1.807) is 0 Å². The molecule has 1 saturated carbocycles. The Kier molecular flexibility index (Phi) is 2.20. The molecule has 2 nitrogen and oxygen atoms in total. The summed E-state index contributed by atoms with van der Waals surface area (Å²) in [6.07, 6.45) is 3.35. The molecule has 2 bridgehead atoms. The monoisotopic (exact) mass is 198 g/mol. The Morgan fingerprint density at radius 2 is 1.93 bits per heavy atom. The van der Waals surface area contributed by atoms with Crippen LogP contribution in [0.3, 0.4) is 0 Å². The maximum atomic E-state index is 10.2. The summed E-state index contributed by atoms with van der Waals surface area (Å²) in [4.78, 5) is 0. The van der Waals surface area contributed by atoms with Crippen LogP contribution >= 0.6 is 0 Å². The van der Waals surface area contributed by atoms with Crippen molar-refractivity contribution in [3.8, 4) is 0 Å². The fourth-order valence-electron chi connectivity index (χ4n) is 3.32. The first-order valence-corrected chi connectivity index (χ1v) is 5.73. The van der Waals surface area contributed by atoms with Gasteiger partial charge in [0.25, 0.3) is 0 Å². The zero-order valence-corrected chi connectivity index (χ0v) is 9.71. The van der Waals surface area contributed by atoms with Crippen molar-refractivity contribution in [3.05, 3.63) is 0 Å². The Morgan fingerprint density at radius 3 is 2.57 bits per heavy atom. The lowest BCUT2D eigenvalue weighted by Gasteiger charge is -2.54. The van der Waals surface area contributed by atoms with Gasteiger partial charge in [-0.15, -0.1) is 0 Å². The molecule has 1 aliphatic heterocycles. The topological polar surface area (TPSA) is 29.5 Å². The molecule has 82 valence electrons. The Labute approximate surface area is 86.6 Å². The highest BCUT2D eigenvalue weighted by Gasteiger charge is 2.50. The van der Waals surface area contributed by atoms with Crippen molar-refractivity contribution in [1.82, 2.24) is 0 Å². The van der Waals surface area contributed by atoms with Gasteiger partial charge in [0, 0.05) is 5.92 Å². The molecule has 2 heteroatoms. The summed E-state index contributed by atoms with van der Waals surface area (Å²) in [5, 5.41) is 10.2. The first-order chi connectivity index (χ1) is 6.33. The third-order valence-corrected chi connectivity index (χ3v) is 4.38. The average Bonchev–Trinajstić information content (AvgIpc) is 2.00. The molecule has 2 fully saturated rings. The first kappa shape index (κ1) is 10.4. The summed E-state index contributed by atoms with van der Waals surface area (Å²) in [6, 6.07) is 0. The quantitative estimate of drug-likeness (QED) is 0.647. The van der Waals surface area contributed by atoms with Crippen molar-refractivity contribution >= 4 is 0 Å². The van der Waals surface area contributed by atoms with Gasteiger partial charge < -0.3 is 9.84 Å². The minimum absolute atomic E-state index is 0.00637. The normalized spacial score (nSPS) is 51.6. The van der Waals surface area contributed by atoms with Crippen LogP contribution in [0.25, 0.3) is 0 Å². The van der Waals surface area contributed by atoms with Crippen molar-refractivity contribution in [3.63, 3.8) is 0 Å². The van der Waals surface area contributed by atoms with E-state index >= 15 is 0 Å². The van der Waals surface area contributed by atoms with E-state index < -0.39 is 5.60 Å². The van der Waals surface area contributed by atoms with Crippen molar-refractivity contribution in [2.45, 2.75) is 64.3 Å². The molecule has 4 atom stereocenters. The summed E-state index contributed by atoms with van der Waals surface area (Å²) in [5.41, 5.74) is -0.501. The Bertz CT molecular complexity index is 230. The molecule has 1 aliphatic carbocycles. The predicted octanol–water partition coefficient (Wildman–Crippen LogP) is 2.35. The van der Waals surface area contributed by atoms with Crippen LogP contribution in [-0.2, 0) is 4.74 Å². The Morgan fingerprint density at radius 1 is 1.29 bits per heavy atom. The van der Waals surface area contributed by atoms with Crippen molar-refractivity contribution < 1.29 is 9.84 Å². The SMILES string of the molecule is C[C@@H]1OC(C)(C)[C@@H]2CC[C@](C)(O)[C@H]1C2. The van der Waals surface area contributed by atoms with E-state index in [2.05, 4.69) is 20.8 Å². The molecule has 2 aliphatic rings. The fourth-order valence-corrected chi connectivity index (χ4v) is 3.32. The molecule has 1 N–H and O–H groups in total. The maximum absolute atomic E-state index is 10.2. The second-order valence-corrected chi connectivity index (χ2v) is 5.86. The van der Waals surface area contributed by atoms with Crippen molar-refractivity contribution in [2.24, 2.45) is 11.8 Å². The number of ether oxygens (including phenoxy) is 1. The standard InChI is InChI=1S/C12H22O2/c1-8-10-7-9(11(2,3)14-8)5-6-12(10,4)13/h8-10,13H,5-7H2,1-4H3/t8-,9+,10-,12-/m0/s1. The summed E-state index contributed by atoms with van der Waals surface area (Å²) in [5.74, 6) is 0.957. The van der Waals surface area contributed by atoms with Gasteiger partial charge in [-0.05, 0) is 52.9 Å². The summed E-state index contributed by atoms with van der Waals surface area (Å²) in [6.45, 7) is 8.43. The molecule has 1 saturated heterocycles. The maximum Gasteiger partial charge on any atom is 0.0672 e. The van der Waals surface area contributed by atoms with Gasteiger partial charge in [0.05, 0.1) is 17.3 Å². The fraction of sp³-hybridized carbons (Fsp3) is 1.00. The van der Waals surface area contributed by atoms with Crippen LogP contribution in [0.4, 0.5) is 0 Å². The van der Waals surface area contributed by atoms with E-state index in [-0.39, 0.29) is 11.7 Å². The molecule has 0 amide bonds. The highest BCUT2D eigenvalue weighted by atomic mass is 16.5. The van der Waals surface area contributed by atoms with Crippen molar-refractivity contribution in [2.75, 3.05) is 0 Å². The average molecular weight is 198 g/mol. The van der Waals surface area contributed by atoms with E-state index in [1.165, 1.54) is 0 Å². The zero-order valence-electron chi connectivity index (χ0n) is 9.71. The van der Waals surface area contributed by atoms with Crippen LogP contribution in [0, 0.1) is 11.8 Å². The molecular formula is C12H22O2. The molecule has 14 heavy (non-hydrogen) atoms. The third kappa shape index (κ3) is 1.49. The highest BCUT2D eigenvalue weighted by molar-refractivity contribution is 5.00. The highest BCUT2D eigenvalue weighted by Crippen LogP contribution is 2.49. The Hall–Kier alpha value is -0.0800. The van der Waals surface area contributed by atoms with Crippen LogP contribution in [0.2, 0.25) is 0 Å². The number of aliphatic hydroxyl groups is 1. The van der Waals surface area contributed by atoms with Crippen LogP contribution in [0.15, 0.2) is 0 Å². The van der Waals surface area contributed by atoms with Gasteiger partial charge in [0.2, 0.25) is 0 Å². The van der Waals surface area contributed by atoms with Gasteiger partial charge in [0.1, 0.15) is 0 Å². The van der Waals surface area contributed by atoms with E-state index in [4.69, 9.17) is 4.74 Å². The number of hydrogen-bond donors (Lipinski definition) is 1. The van der Waals surface area contributed by atoms with E-state index in [9.17, 15) is 5.11 Å². The number of fused-ring (bicyclic) bond motifs is 2. The van der Waals surface area contributed by atoms with E-state index in [0.29, 0.717) is 11.8 Å². The second-order valence-electron chi connectivity index (χ2n) is 5.86. The lowest BCUT2D eigenvalue weighted by Crippen LogP contribution is -2.56. The number of rotatable bonds is 0. The minimum atomic E-state index is -0.508. The largest absolute Gasteiger partial charge is 0.390 e. The molecule has 0 aromatic rings. The van der Waals surface area contributed by atoms with Crippen LogP contribution < -0.4 is 0 Å². The second kappa shape index (κ2) is 2.96. The lowest BCUT2D eigenvalue weighted by atomic mass is 9.63. The van der Waals surface area contributed by atoms with E-state index in [0.717, 1.165) is 19.3 Å². The third-order valence-electron chi connectivity index (χ3n) is 4.38. The predicted molar refractivity (Wildman–Crippen MR) is 56.1 cm³/mol. The van der Waals surface area contributed by atoms with Gasteiger partial charge in [-0.2, -0.15) is 0 Å². The van der Waals surface area contributed by atoms with Gasteiger partial charge in [-0.25, -0.2) is 0 Å². The Balaban J connectivity index is 2.22. The molecule has 0 spiro atoms. The lowest BCUT2D eigenvalue weighted by molar-refractivity contribution is -0.223. The molecule has 1 heterocycles. The van der Waals surface area contributed by atoms with Gasteiger partial charge in [-0.3, -0.25) is 0 Å². The summed E-state index contributed by atoms with van der Waals surface area (Å²) >= 11 is 0. The zero-order chi connectivity index (χ0) is 10.6. The van der Waals surface area contributed by atoms with Gasteiger partial charge >= 0.3 is 0 Å². The molecule has 0 unspecified atom stereocenters. The van der Waals surface area contributed by atoms with Gasteiger partial charge in [0.15, 0.2) is 0 Å². The molecule has 0 aromatic carbocycles. The molecule has 0 radical (unpaired) electrons.